The Labute approximate surface area is 149 Å². The van der Waals surface area contributed by atoms with Crippen molar-refractivity contribution in [3.63, 3.8) is 0 Å². The number of quaternary nitrogens is 1. The third-order valence-electron chi connectivity index (χ3n) is 5.09. The Kier molecular flexibility index (Phi) is 4.11. The van der Waals surface area contributed by atoms with Gasteiger partial charge in [-0.05, 0) is 12.1 Å². The van der Waals surface area contributed by atoms with Crippen molar-refractivity contribution in [1.82, 2.24) is 0 Å². The van der Waals surface area contributed by atoms with Gasteiger partial charge in [-0.15, -0.1) is 0 Å². The maximum Gasteiger partial charge on any atom is 0.106 e. The van der Waals surface area contributed by atoms with E-state index in [2.05, 4.69) is 95.4 Å². The number of alkyl halides is 2. The maximum absolute atomic E-state index is 3.62. The van der Waals surface area contributed by atoms with E-state index in [0.717, 1.165) is 17.6 Å². The molecule has 0 saturated carbocycles. The number of fused-ring (bicyclic) bond motifs is 2. The van der Waals surface area contributed by atoms with Crippen LogP contribution in [0.2, 0.25) is 0 Å². The molecule has 0 aliphatic carbocycles. The number of piperidine rings is 1. The second-order valence-corrected chi connectivity index (χ2v) is 9.78. The van der Waals surface area contributed by atoms with Gasteiger partial charge in [-0.1, -0.05) is 75.2 Å². The van der Waals surface area contributed by atoms with Crippen LogP contribution in [0.4, 0.5) is 0 Å². The summed E-state index contributed by atoms with van der Waals surface area (Å²) < 4.78 is 1.96. The first-order chi connectivity index (χ1) is 9.43. The third-order valence-corrected chi connectivity index (χ3v) is 9.55. The number of nitrogens with zero attached hydrogens (tertiary/aromatic N) is 1. The SMILES string of the molecule is C[N+]1(C)C2CCC1C(I)C(I)(C#Cc1ccccc1)C2. The Morgan fingerprint density at radius 2 is 1.90 bits per heavy atom. The first-order valence-corrected chi connectivity index (χ1v) is 9.50. The predicted octanol–water partition coefficient (Wildman–Crippen LogP) is 4.03. The fraction of sp³-hybridized carbons (Fsp3) is 0.529. The molecule has 2 aliphatic heterocycles. The number of hydrogen-bond acceptors (Lipinski definition) is 0. The van der Waals surface area contributed by atoms with E-state index < -0.39 is 0 Å². The van der Waals surface area contributed by atoms with Gasteiger partial charge in [0, 0.05) is 24.8 Å². The summed E-state index contributed by atoms with van der Waals surface area (Å²) in [5.41, 5.74) is 1.14. The minimum Gasteiger partial charge on any atom is -0.323 e. The largest absolute Gasteiger partial charge is 0.323 e. The minimum absolute atomic E-state index is 0.133. The second kappa shape index (κ2) is 5.44. The highest BCUT2D eigenvalue weighted by Crippen LogP contribution is 2.51. The molecule has 0 spiro atoms. The predicted molar refractivity (Wildman–Crippen MR) is 101 cm³/mol. The van der Waals surface area contributed by atoms with Gasteiger partial charge >= 0.3 is 0 Å². The van der Waals surface area contributed by atoms with Crippen molar-refractivity contribution in [3.8, 4) is 11.8 Å². The molecule has 2 bridgehead atoms. The highest BCUT2D eigenvalue weighted by Gasteiger charge is 2.59. The molecule has 0 N–H and O–H groups in total. The molecular weight excluding hydrogens is 472 g/mol. The molecule has 2 heterocycles. The summed E-state index contributed by atoms with van der Waals surface area (Å²) in [4.78, 5) is 0. The van der Waals surface area contributed by atoms with Crippen molar-refractivity contribution in [2.75, 3.05) is 14.1 Å². The average Bonchev–Trinajstić information content (AvgIpc) is 2.62. The van der Waals surface area contributed by atoms with Crippen molar-refractivity contribution < 1.29 is 4.48 Å². The molecule has 4 unspecified atom stereocenters. The summed E-state index contributed by atoms with van der Waals surface area (Å²) in [6, 6.07) is 11.9. The lowest BCUT2D eigenvalue weighted by Gasteiger charge is -2.49. The lowest BCUT2D eigenvalue weighted by molar-refractivity contribution is -0.929. The zero-order chi connectivity index (χ0) is 14.4. The molecule has 2 aliphatic rings. The minimum atomic E-state index is 0.133. The Balaban J connectivity index is 1.89. The van der Waals surface area contributed by atoms with Gasteiger partial charge in [0.15, 0.2) is 0 Å². The van der Waals surface area contributed by atoms with Gasteiger partial charge in [-0.3, -0.25) is 0 Å². The average molecular weight is 492 g/mol. The number of halogens is 2. The third kappa shape index (κ3) is 2.52. The van der Waals surface area contributed by atoms with E-state index in [4.69, 9.17) is 0 Å². The van der Waals surface area contributed by atoms with Gasteiger partial charge in [0.2, 0.25) is 0 Å². The lowest BCUT2D eigenvalue weighted by atomic mass is 9.89. The molecule has 0 amide bonds. The van der Waals surface area contributed by atoms with E-state index in [-0.39, 0.29) is 3.42 Å². The fourth-order valence-corrected chi connectivity index (χ4v) is 6.36. The van der Waals surface area contributed by atoms with E-state index in [1.54, 1.807) is 0 Å². The second-order valence-electron chi connectivity index (χ2n) is 6.51. The van der Waals surface area contributed by atoms with Crippen LogP contribution in [-0.4, -0.2) is 38.0 Å². The van der Waals surface area contributed by atoms with Crippen LogP contribution in [0.15, 0.2) is 30.3 Å². The van der Waals surface area contributed by atoms with Crippen molar-refractivity contribution in [2.24, 2.45) is 0 Å². The first-order valence-electron chi connectivity index (χ1n) is 7.18. The summed E-state index contributed by atoms with van der Waals surface area (Å²) in [5.74, 6) is 7.03. The molecule has 106 valence electrons. The monoisotopic (exact) mass is 492 g/mol. The first kappa shape index (κ1) is 15.1. The molecular formula is C17H20I2N+. The van der Waals surface area contributed by atoms with Crippen LogP contribution >= 0.6 is 45.2 Å². The van der Waals surface area contributed by atoms with E-state index in [9.17, 15) is 0 Å². The Bertz CT molecular complexity index is 557. The van der Waals surface area contributed by atoms with Crippen molar-refractivity contribution in [3.05, 3.63) is 35.9 Å². The summed E-state index contributed by atoms with van der Waals surface area (Å²) in [5, 5.41) is 0. The summed E-state index contributed by atoms with van der Waals surface area (Å²) in [7, 11) is 4.82. The number of benzene rings is 1. The van der Waals surface area contributed by atoms with Crippen LogP contribution in [0.5, 0.6) is 0 Å². The number of rotatable bonds is 0. The summed E-state index contributed by atoms with van der Waals surface area (Å²) in [6.07, 6.45) is 3.96. The summed E-state index contributed by atoms with van der Waals surface area (Å²) >= 11 is 5.31. The molecule has 20 heavy (non-hydrogen) atoms. The van der Waals surface area contributed by atoms with Crippen LogP contribution in [0.25, 0.3) is 0 Å². The van der Waals surface area contributed by atoms with Crippen molar-refractivity contribution in [1.29, 1.82) is 0 Å². The molecule has 2 saturated heterocycles. The molecule has 2 fully saturated rings. The van der Waals surface area contributed by atoms with Crippen LogP contribution < -0.4 is 0 Å². The maximum atomic E-state index is 3.62. The normalized spacial score (nSPS) is 38.1. The van der Waals surface area contributed by atoms with Crippen molar-refractivity contribution in [2.45, 2.75) is 38.7 Å². The lowest BCUT2D eigenvalue weighted by Crippen LogP contribution is -2.63. The van der Waals surface area contributed by atoms with Crippen LogP contribution in [0.3, 0.4) is 0 Å². The van der Waals surface area contributed by atoms with Crippen LogP contribution in [0.1, 0.15) is 24.8 Å². The highest BCUT2D eigenvalue weighted by molar-refractivity contribution is 14.1. The molecule has 1 nitrogen and oxygen atoms in total. The van der Waals surface area contributed by atoms with Crippen molar-refractivity contribution >= 4 is 45.2 Å². The van der Waals surface area contributed by atoms with E-state index >= 15 is 0 Å². The van der Waals surface area contributed by atoms with Gasteiger partial charge in [0.05, 0.1) is 24.1 Å². The quantitative estimate of drug-likeness (QED) is 0.222. The smallest absolute Gasteiger partial charge is 0.106 e. The van der Waals surface area contributed by atoms with Gasteiger partial charge < -0.3 is 4.48 Å². The van der Waals surface area contributed by atoms with Gasteiger partial charge in [-0.2, -0.15) is 0 Å². The zero-order valence-electron chi connectivity index (χ0n) is 11.9. The molecule has 1 aromatic carbocycles. The molecule has 4 atom stereocenters. The van der Waals surface area contributed by atoms with Crippen LogP contribution in [0, 0.1) is 11.8 Å². The molecule has 0 radical (unpaired) electrons. The standard InChI is InChI=1S/C17H20I2N/c1-20(2)14-8-9-15(20)16(18)17(19,12-14)11-10-13-6-4-3-5-7-13/h3-7,14-16H,8-9,12H2,1-2H3/q+1. The van der Waals surface area contributed by atoms with Gasteiger partial charge in [0.1, 0.15) is 9.46 Å². The zero-order valence-corrected chi connectivity index (χ0v) is 16.3. The molecule has 3 rings (SSSR count). The van der Waals surface area contributed by atoms with Crippen LogP contribution in [-0.2, 0) is 0 Å². The Hall–Kier alpha value is 0.200. The van der Waals surface area contributed by atoms with E-state index in [0.29, 0.717) is 3.92 Å². The summed E-state index contributed by atoms with van der Waals surface area (Å²) in [6.45, 7) is 0. The highest BCUT2D eigenvalue weighted by atomic mass is 127. The molecule has 0 aromatic heterocycles. The Morgan fingerprint density at radius 1 is 1.20 bits per heavy atom. The Morgan fingerprint density at radius 3 is 2.60 bits per heavy atom. The topological polar surface area (TPSA) is 0 Å². The van der Waals surface area contributed by atoms with E-state index in [1.165, 1.54) is 23.7 Å². The van der Waals surface area contributed by atoms with Gasteiger partial charge in [0.25, 0.3) is 0 Å². The van der Waals surface area contributed by atoms with E-state index in [1.807, 2.05) is 6.07 Å². The molecule has 3 heteroatoms. The number of hydrogen-bond donors (Lipinski definition) is 0. The molecule has 1 aromatic rings. The van der Waals surface area contributed by atoms with Gasteiger partial charge in [-0.25, -0.2) is 0 Å². The fourth-order valence-electron chi connectivity index (χ4n) is 3.70.